The number of carbonyl (C=O) groups is 1. The third-order valence-corrected chi connectivity index (χ3v) is 5.88. The molecule has 0 atom stereocenters. The molecule has 0 spiro atoms. The van der Waals surface area contributed by atoms with E-state index in [0.29, 0.717) is 17.3 Å². The first-order valence-electron chi connectivity index (χ1n) is 11.9. The van der Waals surface area contributed by atoms with E-state index < -0.39 is 5.91 Å². The van der Waals surface area contributed by atoms with Crippen molar-refractivity contribution in [3.05, 3.63) is 99.7 Å². The first-order chi connectivity index (χ1) is 17.6. The van der Waals surface area contributed by atoms with Gasteiger partial charge in [-0.3, -0.25) is 4.79 Å². The number of aryl methyl sites for hydroxylation is 2. The highest BCUT2D eigenvalue weighted by Gasteiger charge is 2.15. The van der Waals surface area contributed by atoms with Gasteiger partial charge in [-0.05, 0) is 101 Å². The van der Waals surface area contributed by atoms with E-state index in [1.807, 2.05) is 63.2 Å². The van der Waals surface area contributed by atoms with Crippen LogP contribution in [0.15, 0.2) is 80.7 Å². The molecular weight excluding hydrogens is 534 g/mol. The number of amides is 1. The number of hydrogen-bond acceptors (Lipinski definition) is 5. The van der Waals surface area contributed by atoms with Crippen molar-refractivity contribution in [2.24, 2.45) is 5.10 Å². The van der Waals surface area contributed by atoms with E-state index in [-0.39, 0.29) is 18.0 Å². The molecule has 192 valence electrons. The molecule has 0 aliphatic carbocycles. The fourth-order valence-electron chi connectivity index (χ4n) is 3.76. The topological polar surface area (TPSA) is 78.0 Å². The van der Waals surface area contributed by atoms with Crippen molar-refractivity contribution < 1.29 is 18.7 Å². The maximum Gasteiger partial charge on any atom is 0.307 e. The Balaban J connectivity index is 1.33. The zero-order chi connectivity index (χ0) is 26.6. The SMILES string of the molecule is Cc1ccc(C)n1-c1ccc(OCc2ccc(C(=O)N/N=C/c3cc(Br)ccc3OC(C)(C)C)o2)cc1. The average molecular weight is 564 g/mol. The minimum atomic E-state index is -0.461. The second kappa shape index (κ2) is 11.1. The number of benzene rings is 2. The van der Waals surface area contributed by atoms with Gasteiger partial charge in [0.2, 0.25) is 0 Å². The van der Waals surface area contributed by atoms with E-state index in [1.54, 1.807) is 12.1 Å². The number of carbonyl (C=O) groups excluding carboxylic acids is 1. The van der Waals surface area contributed by atoms with E-state index in [9.17, 15) is 4.79 Å². The minimum Gasteiger partial charge on any atom is -0.487 e. The Bertz CT molecular complexity index is 1390. The van der Waals surface area contributed by atoms with Gasteiger partial charge >= 0.3 is 5.91 Å². The second-order valence-electron chi connectivity index (χ2n) is 9.60. The molecule has 0 radical (unpaired) electrons. The molecule has 2 aromatic heterocycles. The van der Waals surface area contributed by atoms with Crippen LogP contribution in [0.2, 0.25) is 0 Å². The van der Waals surface area contributed by atoms with Crippen molar-refractivity contribution in [1.29, 1.82) is 0 Å². The molecule has 4 aromatic rings. The van der Waals surface area contributed by atoms with Gasteiger partial charge in [0.25, 0.3) is 0 Å². The van der Waals surface area contributed by atoms with Gasteiger partial charge in [-0.15, -0.1) is 0 Å². The van der Waals surface area contributed by atoms with Crippen molar-refractivity contribution in [2.75, 3.05) is 0 Å². The third kappa shape index (κ3) is 6.92. The number of hydrazone groups is 1. The van der Waals surface area contributed by atoms with E-state index in [4.69, 9.17) is 13.9 Å². The molecule has 0 saturated heterocycles. The molecule has 37 heavy (non-hydrogen) atoms. The van der Waals surface area contributed by atoms with Crippen LogP contribution in [0.5, 0.6) is 11.5 Å². The predicted octanol–water partition coefficient (Wildman–Crippen LogP) is 6.97. The Morgan fingerprint density at radius 3 is 2.41 bits per heavy atom. The highest BCUT2D eigenvalue weighted by Crippen LogP contribution is 2.25. The van der Waals surface area contributed by atoms with Crippen molar-refractivity contribution in [3.63, 3.8) is 0 Å². The highest BCUT2D eigenvalue weighted by molar-refractivity contribution is 9.10. The standard InChI is InChI=1S/C29H30BrN3O4/c1-19-6-7-20(2)33(19)23-9-11-24(12-10-23)35-18-25-13-15-27(36-25)28(34)32-31-17-21-16-22(30)8-14-26(21)37-29(3,4)5/h6-17H,18H2,1-5H3,(H,32,34)/b31-17+. The number of rotatable bonds is 8. The number of nitrogens with one attached hydrogen (secondary N) is 1. The lowest BCUT2D eigenvalue weighted by atomic mass is 10.1. The molecule has 0 aliphatic heterocycles. The molecule has 8 heteroatoms. The minimum absolute atomic E-state index is 0.144. The smallest absolute Gasteiger partial charge is 0.307 e. The number of hydrogen-bond donors (Lipinski definition) is 1. The summed E-state index contributed by atoms with van der Waals surface area (Å²) >= 11 is 3.45. The van der Waals surface area contributed by atoms with E-state index in [1.165, 1.54) is 17.6 Å². The predicted molar refractivity (Wildman–Crippen MR) is 148 cm³/mol. The molecule has 1 amide bonds. The molecular formula is C29H30BrN3O4. The van der Waals surface area contributed by atoms with Crippen LogP contribution in [-0.4, -0.2) is 22.3 Å². The molecule has 4 rings (SSSR count). The molecule has 0 aliphatic rings. The maximum absolute atomic E-state index is 12.5. The summed E-state index contributed by atoms with van der Waals surface area (Å²) in [5.74, 6) is 1.59. The van der Waals surface area contributed by atoms with Crippen molar-refractivity contribution in [1.82, 2.24) is 9.99 Å². The summed E-state index contributed by atoms with van der Waals surface area (Å²) in [4.78, 5) is 12.5. The van der Waals surface area contributed by atoms with Gasteiger partial charge in [-0.1, -0.05) is 15.9 Å². The van der Waals surface area contributed by atoms with E-state index in [0.717, 1.165) is 15.7 Å². The molecule has 1 N–H and O–H groups in total. The van der Waals surface area contributed by atoms with Crippen LogP contribution in [0, 0.1) is 13.8 Å². The van der Waals surface area contributed by atoms with Crippen molar-refractivity contribution in [3.8, 4) is 17.2 Å². The lowest BCUT2D eigenvalue weighted by Crippen LogP contribution is -2.23. The van der Waals surface area contributed by atoms with Crippen LogP contribution in [0.1, 0.15) is 54.0 Å². The summed E-state index contributed by atoms with van der Waals surface area (Å²) < 4.78 is 20.5. The zero-order valence-electron chi connectivity index (χ0n) is 21.5. The van der Waals surface area contributed by atoms with Crippen LogP contribution < -0.4 is 14.9 Å². The van der Waals surface area contributed by atoms with E-state index >= 15 is 0 Å². The number of aromatic nitrogens is 1. The molecule has 7 nitrogen and oxygen atoms in total. The lowest BCUT2D eigenvalue weighted by molar-refractivity contribution is 0.0923. The van der Waals surface area contributed by atoms with Gasteiger partial charge in [0.05, 0.1) is 6.21 Å². The summed E-state index contributed by atoms with van der Waals surface area (Å²) in [6.07, 6.45) is 1.54. The summed E-state index contributed by atoms with van der Waals surface area (Å²) in [5, 5.41) is 4.08. The Morgan fingerprint density at radius 2 is 1.73 bits per heavy atom. The summed E-state index contributed by atoms with van der Waals surface area (Å²) in [5.41, 5.74) is 6.28. The molecule has 0 saturated carbocycles. The Kier molecular flexibility index (Phi) is 7.88. The zero-order valence-corrected chi connectivity index (χ0v) is 23.1. The molecule has 0 bridgehead atoms. The van der Waals surface area contributed by atoms with E-state index in [2.05, 4.69) is 57.0 Å². The van der Waals surface area contributed by atoms with Gasteiger partial charge in [-0.25, -0.2) is 5.43 Å². The number of furan rings is 1. The summed E-state index contributed by atoms with van der Waals surface area (Å²) in [7, 11) is 0. The quantitative estimate of drug-likeness (QED) is 0.185. The molecule has 0 fully saturated rings. The normalized spacial score (nSPS) is 11.6. The van der Waals surface area contributed by atoms with Gasteiger partial charge in [0, 0.05) is 27.1 Å². The fraction of sp³-hybridized carbons (Fsp3) is 0.241. The maximum atomic E-state index is 12.5. The van der Waals surface area contributed by atoms with Crippen LogP contribution in [0.25, 0.3) is 5.69 Å². The first-order valence-corrected chi connectivity index (χ1v) is 12.7. The third-order valence-electron chi connectivity index (χ3n) is 5.39. The van der Waals surface area contributed by atoms with Crippen molar-refractivity contribution in [2.45, 2.75) is 46.8 Å². The number of halogens is 1. The van der Waals surface area contributed by atoms with Crippen molar-refractivity contribution >= 4 is 28.1 Å². The number of nitrogens with zero attached hydrogens (tertiary/aromatic N) is 2. The monoisotopic (exact) mass is 563 g/mol. The van der Waals surface area contributed by atoms with Crippen LogP contribution >= 0.6 is 15.9 Å². The Labute approximate surface area is 225 Å². The van der Waals surface area contributed by atoms with Crippen LogP contribution in [-0.2, 0) is 6.61 Å². The van der Waals surface area contributed by atoms with Crippen LogP contribution in [0.4, 0.5) is 0 Å². The second-order valence-corrected chi connectivity index (χ2v) is 10.5. The Morgan fingerprint density at radius 1 is 1.03 bits per heavy atom. The molecule has 0 unspecified atom stereocenters. The average Bonchev–Trinajstić information content (AvgIpc) is 3.45. The Hall–Kier alpha value is -3.78. The first kappa shape index (κ1) is 26.3. The van der Waals surface area contributed by atoms with Crippen LogP contribution in [0.3, 0.4) is 0 Å². The van der Waals surface area contributed by atoms with Gasteiger partial charge < -0.3 is 18.5 Å². The molecule has 2 aromatic carbocycles. The largest absolute Gasteiger partial charge is 0.487 e. The lowest BCUT2D eigenvalue weighted by Gasteiger charge is -2.22. The highest BCUT2D eigenvalue weighted by atomic mass is 79.9. The van der Waals surface area contributed by atoms with Gasteiger partial charge in [0.1, 0.15) is 29.5 Å². The van der Waals surface area contributed by atoms with Gasteiger partial charge in [0.15, 0.2) is 5.76 Å². The fourth-order valence-corrected chi connectivity index (χ4v) is 4.14. The number of ether oxygens (including phenoxy) is 2. The summed E-state index contributed by atoms with van der Waals surface area (Å²) in [6.45, 7) is 10.3. The molecule has 2 heterocycles. The van der Waals surface area contributed by atoms with Gasteiger partial charge in [-0.2, -0.15) is 5.10 Å². The summed E-state index contributed by atoms with van der Waals surface area (Å²) in [6, 6.07) is 21.0.